The number of carbonyl (C=O) groups is 1. The highest BCUT2D eigenvalue weighted by Crippen LogP contribution is 1.96. The number of aromatic nitrogens is 2. The predicted octanol–water partition coefficient (Wildman–Crippen LogP) is 1.36. The number of amides is 1. The van der Waals surface area contributed by atoms with Crippen LogP contribution in [0.3, 0.4) is 0 Å². The number of hydrogen-bond donors (Lipinski definition) is 1. The normalized spacial score (nSPS) is 10.9. The minimum Gasteiger partial charge on any atom is -0.351 e. The smallest absolute Gasteiger partial charge is 0.271 e. The minimum absolute atomic E-state index is 0.0817. The molecule has 1 amide bonds. The fraction of sp³-hybridized carbons (Fsp3) is 0.692. The van der Waals surface area contributed by atoms with Crippen molar-refractivity contribution in [3.63, 3.8) is 0 Å². The molecule has 5 nitrogen and oxygen atoms in total. The Balaban J connectivity index is 2.25. The molecule has 0 saturated carbocycles. The largest absolute Gasteiger partial charge is 0.351 e. The van der Waals surface area contributed by atoms with Gasteiger partial charge in [-0.25, -0.2) is 0 Å². The Bertz CT molecular complexity index is 358. The zero-order valence-electron chi connectivity index (χ0n) is 11.6. The Morgan fingerprint density at radius 2 is 2.11 bits per heavy atom. The van der Waals surface area contributed by atoms with Crippen LogP contribution in [-0.4, -0.2) is 46.8 Å². The molecule has 0 bridgehead atoms. The summed E-state index contributed by atoms with van der Waals surface area (Å²) in [5, 5.41) is 7.07. The lowest BCUT2D eigenvalue weighted by molar-refractivity contribution is 0.0946. The van der Waals surface area contributed by atoms with E-state index in [1.54, 1.807) is 10.7 Å². The van der Waals surface area contributed by atoms with E-state index in [1.165, 1.54) is 0 Å². The van der Waals surface area contributed by atoms with Crippen LogP contribution in [0, 0.1) is 0 Å². The first-order valence-corrected chi connectivity index (χ1v) is 6.75. The van der Waals surface area contributed by atoms with Crippen LogP contribution >= 0.6 is 0 Å². The first-order chi connectivity index (χ1) is 8.71. The summed E-state index contributed by atoms with van der Waals surface area (Å²) in [6.45, 7) is 10.9. The molecule has 0 aromatic carbocycles. The lowest BCUT2D eigenvalue weighted by Gasteiger charge is -2.17. The zero-order chi connectivity index (χ0) is 13.4. The van der Waals surface area contributed by atoms with E-state index < -0.39 is 0 Å². The molecule has 5 heteroatoms. The van der Waals surface area contributed by atoms with Crippen molar-refractivity contribution in [2.45, 2.75) is 33.7 Å². The van der Waals surface area contributed by atoms with Gasteiger partial charge in [-0.1, -0.05) is 13.8 Å². The summed E-state index contributed by atoms with van der Waals surface area (Å²) >= 11 is 0. The Morgan fingerprint density at radius 3 is 2.67 bits per heavy atom. The molecule has 102 valence electrons. The van der Waals surface area contributed by atoms with Gasteiger partial charge in [0.15, 0.2) is 0 Å². The van der Waals surface area contributed by atoms with E-state index in [1.807, 2.05) is 13.1 Å². The molecule has 0 radical (unpaired) electrons. The fourth-order valence-electron chi connectivity index (χ4n) is 1.79. The molecule has 0 aliphatic carbocycles. The van der Waals surface area contributed by atoms with Crippen LogP contribution in [0.15, 0.2) is 12.3 Å². The predicted molar refractivity (Wildman–Crippen MR) is 72.6 cm³/mol. The summed E-state index contributed by atoms with van der Waals surface area (Å²) < 4.78 is 1.75. The first-order valence-electron chi connectivity index (χ1n) is 6.75. The highest BCUT2D eigenvalue weighted by molar-refractivity contribution is 5.92. The fourth-order valence-corrected chi connectivity index (χ4v) is 1.79. The van der Waals surface area contributed by atoms with Gasteiger partial charge < -0.3 is 10.2 Å². The van der Waals surface area contributed by atoms with E-state index in [0.717, 1.165) is 32.6 Å². The second kappa shape index (κ2) is 7.87. The Morgan fingerprint density at radius 1 is 1.39 bits per heavy atom. The van der Waals surface area contributed by atoms with Crippen LogP contribution in [0.2, 0.25) is 0 Å². The maximum Gasteiger partial charge on any atom is 0.271 e. The number of carbonyl (C=O) groups excluding carboxylic acids is 1. The molecule has 1 aromatic rings. The van der Waals surface area contributed by atoms with Crippen LogP contribution in [0.4, 0.5) is 0 Å². The van der Waals surface area contributed by atoms with Crippen molar-refractivity contribution in [1.29, 1.82) is 0 Å². The van der Waals surface area contributed by atoms with Gasteiger partial charge in [0, 0.05) is 19.3 Å². The lowest BCUT2D eigenvalue weighted by atomic mass is 10.3. The van der Waals surface area contributed by atoms with Gasteiger partial charge in [-0.3, -0.25) is 9.48 Å². The summed E-state index contributed by atoms with van der Waals surface area (Å²) in [6, 6.07) is 1.75. The SMILES string of the molecule is CCN(CC)CCCNC(=O)c1ccn(CC)n1. The van der Waals surface area contributed by atoms with Gasteiger partial charge in [0.2, 0.25) is 0 Å². The average Bonchev–Trinajstić information content (AvgIpc) is 2.87. The molecule has 0 spiro atoms. The van der Waals surface area contributed by atoms with Crippen LogP contribution in [0.25, 0.3) is 0 Å². The van der Waals surface area contributed by atoms with Crippen molar-refractivity contribution in [3.05, 3.63) is 18.0 Å². The van der Waals surface area contributed by atoms with Crippen molar-refractivity contribution in [2.24, 2.45) is 0 Å². The van der Waals surface area contributed by atoms with Gasteiger partial charge in [0.05, 0.1) is 0 Å². The molecular weight excluding hydrogens is 228 g/mol. The van der Waals surface area contributed by atoms with Crippen molar-refractivity contribution >= 4 is 5.91 Å². The maximum absolute atomic E-state index is 11.8. The molecule has 0 atom stereocenters. The lowest BCUT2D eigenvalue weighted by Crippen LogP contribution is -2.30. The van der Waals surface area contributed by atoms with Crippen LogP contribution in [0.1, 0.15) is 37.7 Å². The number of nitrogens with zero attached hydrogens (tertiary/aromatic N) is 3. The Kier molecular flexibility index (Phi) is 6.43. The van der Waals surface area contributed by atoms with Crippen molar-refractivity contribution in [1.82, 2.24) is 20.0 Å². The van der Waals surface area contributed by atoms with E-state index >= 15 is 0 Å². The standard InChI is InChI=1S/C13H24N4O/c1-4-16(5-2)10-7-9-14-13(18)12-8-11-17(6-3)15-12/h8,11H,4-7,9-10H2,1-3H3,(H,14,18). The van der Waals surface area contributed by atoms with Crippen LogP contribution in [-0.2, 0) is 6.54 Å². The molecular formula is C13H24N4O. The molecule has 0 unspecified atom stereocenters. The Hall–Kier alpha value is -1.36. The zero-order valence-corrected chi connectivity index (χ0v) is 11.6. The third-order valence-corrected chi connectivity index (χ3v) is 3.03. The maximum atomic E-state index is 11.8. The summed E-state index contributed by atoms with van der Waals surface area (Å²) in [7, 11) is 0. The van der Waals surface area contributed by atoms with Crippen molar-refractivity contribution < 1.29 is 4.79 Å². The molecule has 1 heterocycles. The van der Waals surface area contributed by atoms with E-state index in [0.29, 0.717) is 12.2 Å². The average molecular weight is 252 g/mol. The molecule has 1 N–H and O–H groups in total. The number of rotatable bonds is 8. The molecule has 0 aliphatic rings. The summed E-state index contributed by atoms with van der Waals surface area (Å²) in [6.07, 6.45) is 2.80. The van der Waals surface area contributed by atoms with Gasteiger partial charge in [-0.2, -0.15) is 5.10 Å². The monoisotopic (exact) mass is 252 g/mol. The molecule has 1 aromatic heterocycles. The summed E-state index contributed by atoms with van der Waals surface area (Å²) in [4.78, 5) is 14.1. The van der Waals surface area contributed by atoms with E-state index in [-0.39, 0.29) is 5.91 Å². The molecule has 0 aliphatic heterocycles. The topological polar surface area (TPSA) is 50.2 Å². The molecule has 1 rings (SSSR count). The van der Waals surface area contributed by atoms with E-state index in [9.17, 15) is 4.79 Å². The van der Waals surface area contributed by atoms with Gasteiger partial charge in [0.1, 0.15) is 5.69 Å². The number of aryl methyl sites for hydroxylation is 1. The van der Waals surface area contributed by atoms with Crippen LogP contribution in [0.5, 0.6) is 0 Å². The highest BCUT2D eigenvalue weighted by atomic mass is 16.1. The third-order valence-electron chi connectivity index (χ3n) is 3.03. The second-order valence-electron chi connectivity index (χ2n) is 4.19. The Labute approximate surface area is 109 Å². The number of hydrogen-bond acceptors (Lipinski definition) is 3. The van der Waals surface area contributed by atoms with Gasteiger partial charge in [-0.05, 0) is 39.0 Å². The first kappa shape index (κ1) is 14.7. The second-order valence-corrected chi connectivity index (χ2v) is 4.19. The highest BCUT2D eigenvalue weighted by Gasteiger charge is 2.08. The van der Waals surface area contributed by atoms with E-state index in [4.69, 9.17) is 0 Å². The van der Waals surface area contributed by atoms with E-state index in [2.05, 4.69) is 29.2 Å². The van der Waals surface area contributed by atoms with Gasteiger partial charge in [0.25, 0.3) is 5.91 Å². The van der Waals surface area contributed by atoms with Gasteiger partial charge in [-0.15, -0.1) is 0 Å². The molecule has 0 saturated heterocycles. The van der Waals surface area contributed by atoms with Crippen LogP contribution < -0.4 is 5.32 Å². The third kappa shape index (κ3) is 4.49. The van der Waals surface area contributed by atoms with Crippen molar-refractivity contribution in [3.8, 4) is 0 Å². The minimum atomic E-state index is -0.0817. The summed E-state index contributed by atoms with van der Waals surface area (Å²) in [5.41, 5.74) is 0.500. The molecule has 18 heavy (non-hydrogen) atoms. The van der Waals surface area contributed by atoms with Crippen molar-refractivity contribution in [2.75, 3.05) is 26.2 Å². The molecule has 0 fully saturated rings. The van der Waals surface area contributed by atoms with Gasteiger partial charge >= 0.3 is 0 Å². The quantitative estimate of drug-likeness (QED) is 0.711. The summed E-state index contributed by atoms with van der Waals surface area (Å²) in [5.74, 6) is -0.0817. The number of nitrogens with one attached hydrogen (secondary N) is 1.